The second kappa shape index (κ2) is 7.58. The minimum atomic E-state index is -0.515. The van der Waals surface area contributed by atoms with Gasteiger partial charge in [0.05, 0.1) is 11.3 Å². The molecular formula is C22H24N4O3. The van der Waals surface area contributed by atoms with E-state index in [4.69, 9.17) is 5.73 Å². The lowest BCUT2D eigenvalue weighted by molar-refractivity contribution is 0.0582. The van der Waals surface area contributed by atoms with Crippen LogP contribution in [0.15, 0.2) is 42.5 Å². The Labute approximate surface area is 169 Å². The molecule has 0 aliphatic carbocycles. The second-order valence-electron chi connectivity index (χ2n) is 7.39. The largest absolute Gasteiger partial charge is 0.366 e. The van der Waals surface area contributed by atoms with Crippen LogP contribution < -0.4 is 16.0 Å². The molecule has 29 heavy (non-hydrogen) atoms. The quantitative estimate of drug-likeness (QED) is 0.836. The van der Waals surface area contributed by atoms with E-state index in [9.17, 15) is 14.4 Å². The molecule has 0 aromatic heterocycles. The normalized spacial score (nSPS) is 18.1. The maximum Gasteiger partial charge on any atom is 0.257 e. The van der Waals surface area contributed by atoms with Crippen molar-refractivity contribution in [3.63, 3.8) is 0 Å². The number of carbonyl (C=O) groups is 3. The molecule has 2 heterocycles. The number of nitrogens with zero attached hydrogens (tertiary/aromatic N) is 2. The third-order valence-electron chi connectivity index (χ3n) is 5.66. The van der Waals surface area contributed by atoms with Crippen LogP contribution in [0.5, 0.6) is 0 Å². The van der Waals surface area contributed by atoms with Gasteiger partial charge in [-0.25, -0.2) is 0 Å². The highest BCUT2D eigenvalue weighted by atomic mass is 16.2. The van der Waals surface area contributed by atoms with Crippen LogP contribution in [0.1, 0.15) is 57.3 Å². The van der Waals surface area contributed by atoms with Crippen molar-refractivity contribution in [2.45, 2.75) is 32.4 Å². The summed E-state index contributed by atoms with van der Waals surface area (Å²) in [5.41, 5.74) is 8.14. The lowest BCUT2D eigenvalue weighted by Gasteiger charge is -2.47. The van der Waals surface area contributed by atoms with Gasteiger partial charge in [-0.05, 0) is 68.7 Å². The standard InChI is InChI=1S/C22H24N4O3/c1-2-25-18-13-15(21(28)24-16-9-6-14(7-10-16)20(23)27)8-11-17(18)22(29)26-12-4-3-5-19(25)26/h6-11,13,19H,2-5,12H2,1H3,(H2,23,27)(H,24,28). The van der Waals surface area contributed by atoms with Crippen molar-refractivity contribution in [1.82, 2.24) is 4.90 Å². The Balaban J connectivity index is 1.61. The van der Waals surface area contributed by atoms with Crippen molar-refractivity contribution in [3.05, 3.63) is 59.2 Å². The molecule has 1 saturated heterocycles. The predicted molar refractivity (Wildman–Crippen MR) is 111 cm³/mol. The van der Waals surface area contributed by atoms with Gasteiger partial charge in [-0.3, -0.25) is 14.4 Å². The van der Waals surface area contributed by atoms with Crippen molar-refractivity contribution in [3.8, 4) is 0 Å². The van der Waals surface area contributed by atoms with Crippen LogP contribution in [0.4, 0.5) is 11.4 Å². The molecule has 4 rings (SSSR count). The molecule has 1 unspecified atom stereocenters. The van der Waals surface area contributed by atoms with Gasteiger partial charge >= 0.3 is 0 Å². The van der Waals surface area contributed by atoms with E-state index in [1.165, 1.54) is 0 Å². The molecule has 1 atom stereocenters. The van der Waals surface area contributed by atoms with E-state index >= 15 is 0 Å². The molecule has 0 bridgehead atoms. The van der Waals surface area contributed by atoms with Gasteiger partial charge in [-0.1, -0.05) is 0 Å². The number of amides is 3. The summed E-state index contributed by atoms with van der Waals surface area (Å²) in [6.45, 7) is 3.61. The van der Waals surface area contributed by atoms with Crippen molar-refractivity contribution < 1.29 is 14.4 Å². The first-order valence-corrected chi connectivity index (χ1v) is 9.92. The highest BCUT2D eigenvalue weighted by Gasteiger charge is 2.38. The summed E-state index contributed by atoms with van der Waals surface area (Å²) in [4.78, 5) is 41.0. The molecule has 7 heteroatoms. The molecule has 2 aromatic carbocycles. The number of nitrogens with one attached hydrogen (secondary N) is 1. The van der Waals surface area contributed by atoms with Crippen LogP contribution in [-0.2, 0) is 0 Å². The van der Waals surface area contributed by atoms with Gasteiger partial charge in [0.15, 0.2) is 0 Å². The van der Waals surface area contributed by atoms with E-state index in [2.05, 4.69) is 17.1 Å². The lowest BCUT2D eigenvalue weighted by Crippen LogP contribution is -2.57. The number of hydrogen-bond donors (Lipinski definition) is 2. The SMILES string of the molecule is CCN1c2cc(C(=O)Nc3ccc(C(N)=O)cc3)ccc2C(=O)N2CCCCC21. The average molecular weight is 392 g/mol. The fraction of sp³-hybridized carbons (Fsp3) is 0.318. The predicted octanol–water partition coefficient (Wildman–Crippen LogP) is 2.83. The Morgan fingerprint density at radius 2 is 1.83 bits per heavy atom. The molecule has 2 aliphatic heterocycles. The minimum absolute atomic E-state index is 0.0448. The minimum Gasteiger partial charge on any atom is -0.366 e. The summed E-state index contributed by atoms with van der Waals surface area (Å²) in [5, 5.41) is 2.83. The Morgan fingerprint density at radius 1 is 1.10 bits per heavy atom. The van der Waals surface area contributed by atoms with Crippen LogP contribution in [0, 0.1) is 0 Å². The summed E-state index contributed by atoms with van der Waals surface area (Å²) in [5.74, 6) is -0.740. The van der Waals surface area contributed by atoms with Gasteiger partial charge < -0.3 is 20.9 Å². The Hall–Kier alpha value is -3.35. The van der Waals surface area contributed by atoms with E-state index in [0.29, 0.717) is 22.4 Å². The zero-order valence-electron chi connectivity index (χ0n) is 16.4. The molecule has 3 amide bonds. The van der Waals surface area contributed by atoms with Crippen LogP contribution in [0.25, 0.3) is 0 Å². The number of hydrogen-bond acceptors (Lipinski definition) is 4. The summed E-state index contributed by atoms with van der Waals surface area (Å²) < 4.78 is 0. The number of nitrogens with two attached hydrogens (primary N) is 1. The number of fused-ring (bicyclic) bond motifs is 2. The first kappa shape index (κ1) is 19.0. The number of primary amides is 1. The van der Waals surface area contributed by atoms with Crippen LogP contribution in [0.2, 0.25) is 0 Å². The Kier molecular flexibility index (Phi) is 4.96. The van der Waals surface area contributed by atoms with Crippen LogP contribution >= 0.6 is 0 Å². The molecule has 2 aliphatic rings. The van der Waals surface area contributed by atoms with E-state index in [-0.39, 0.29) is 18.0 Å². The summed E-state index contributed by atoms with van der Waals surface area (Å²) in [6.07, 6.45) is 3.14. The molecule has 0 saturated carbocycles. The Bertz CT molecular complexity index is 971. The fourth-order valence-corrected chi connectivity index (χ4v) is 4.18. The van der Waals surface area contributed by atoms with Gasteiger partial charge in [0.25, 0.3) is 11.8 Å². The third-order valence-corrected chi connectivity index (χ3v) is 5.66. The molecule has 150 valence electrons. The van der Waals surface area contributed by atoms with E-state index in [0.717, 1.165) is 38.0 Å². The Morgan fingerprint density at radius 3 is 2.52 bits per heavy atom. The van der Waals surface area contributed by atoms with Crippen molar-refractivity contribution >= 4 is 29.1 Å². The van der Waals surface area contributed by atoms with Gasteiger partial charge in [0.2, 0.25) is 5.91 Å². The average Bonchev–Trinajstić information content (AvgIpc) is 2.74. The maximum absolute atomic E-state index is 12.9. The van der Waals surface area contributed by atoms with Crippen molar-refractivity contribution in [2.75, 3.05) is 23.3 Å². The summed E-state index contributed by atoms with van der Waals surface area (Å²) in [7, 11) is 0. The zero-order valence-corrected chi connectivity index (χ0v) is 16.4. The smallest absolute Gasteiger partial charge is 0.257 e. The van der Waals surface area contributed by atoms with Gasteiger partial charge in [0, 0.05) is 29.9 Å². The molecule has 3 N–H and O–H groups in total. The third kappa shape index (κ3) is 3.44. The highest BCUT2D eigenvalue weighted by Crippen LogP contribution is 2.35. The molecule has 2 aromatic rings. The van der Waals surface area contributed by atoms with Crippen LogP contribution in [0.3, 0.4) is 0 Å². The molecular weight excluding hydrogens is 368 g/mol. The molecule has 7 nitrogen and oxygen atoms in total. The fourth-order valence-electron chi connectivity index (χ4n) is 4.18. The maximum atomic E-state index is 12.9. The number of carbonyl (C=O) groups excluding carboxylic acids is 3. The highest BCUT2D eigenvalue weighted by molar-refractivity contribution is 6.08. The number of rotatable bonds is 4. The van der Waals surface area contributed by atoms with Crippen molar-refractivity contribution in [2.24, 2.45) is 5.73 Å². The van der Waals surface area contributed by atoms with Gasteiger partial charge in [-0.2, -0.15) is 0 Å². The topological polar surface area (TPSA) is 95.7 Å². The molecule has 0 radical (unpaired) electrons. The lowest BCUT2D eigenvalue weighted by atomic mass is 9.97. The van der Waals surface area contributed by atoms with E-state index in [1.54, 1.807) is 42.5 Å². The second-order valence-corrected chi connectivity index (χ2v) is 7.39. The van der Waals surface area contributed by atoms with Gasteiger partial charge in [0.1, 0.15) is 6.17 Å². The van der Waals surface area contributed by atoms with E-state index < -0.39 is 5.91 Å². The number of anilines is 2. The molecule has 0 spiro atoms. The van der Waals surface area contributed by atoms with Crippen LogP contribution in [-0.4, -0.2) is 41.9 Å². The number of piperidine rings is 1. The summed E-state index contributed by atoms with van der Waals surface area (Å²) in [6, 6.07) is 11.6. The van der Waals surface area contributed by atoms with Gasteiger partial charge in [-0.15, -0.1) is 0 Å². The first-order chi connectivity index (χ1) is 14.0. The zero-order chi connectivity index (χ0) is 20.5. The first-order valence-electron chi connectivity index (χ1n) is 9.92. The summed E-state index contributed by atoms with van der Waals surface area (Å²) >= 11 is 0. The molecule has 1 fully saturated rings. The van der Waals surface area contributed by atoms with Crippen molar-refractivity contribution in [1.29, 1.82) is 0 Å². The monoisotopic (exact) mass is 392 g/mol. The van der Waals surface area contributed by atoms with E-state index in [1.807, 2.05) is 4.90 Å². The number of benzene rings is 2.